The van der Waals surface area contributed by atoms with Gasteiger partial charge in [0.15, 0.2) is 0 Å². The lowest BCUT2D eigenvalue weighted by Crippen LogP contribution is -1.99. The predicted molar refractivity (Wildman–Crippen MR) is 44.9 cm³/mol. The van der Waals surface area contributed by atoms with Gasteiger partial charge in [0.2, 0.25) is 0 Å². The molecule has 0 radical (unpaired) electrons. The Morgan fingerprint density at radius 2 is 2.36 bits per heavy atom. The van der Waals surface area contributed by atoms with E-state index in [0.29, 0.717) is 10.7 Å². The highest BCUT2D eigenvalue weighted by Crippen LogP contribution is 2.20. The Labute approximate surface area is 74.8 Å². The Morgan fingerprint density at radius 3 is 2.91 bits per heavy atom. The lowest BCUT2D eigenvalue weighted by atomic mass is 10.2. The third-order valence-corrected chi connectivity index (χ3v) is 1.90. The van der Waals surface area contributed by atoms with E-state index in [1.165, 1.54) is 0 Å². The van der Waals surface area contributed by atoms with E-state index in [9.17, 15) is 5.11 Å². The van der Waals surface area contributed by atoms with E-state index in [-0.39, 0.29) is 5.88 Å². The van der Waals surface area contributed by atoms with Crippen LogP contribution in [0.2, 0.25) is 5.15 Å². The molecule has 0 aromatic carbocycles. The van der Waals surface area contributed by atoms with Crippen LogP contribution in [0.1, 0.15) is 11.7 Å². The third kappa shape index (κ3) is 2.06. The molecule has 60 valence electrons. The minimum absolute atomic E-state index is 0.130. The molecule has 0 amide bonds. The summed E-state index contributed by atoms with van der Waals surface area (Å²) in [4.78, 5) is 3.79. The zero-order chi connectivity index (χ0) is 8.27. The maximum atomic E-state index is 9.25. The Bertz CT molecular complexity index is 242. The monoisotopic (exact) mass is 191 g/mol. The highest BCUT2D eigenvalue weighted by molar-refractivity contribution is 6.30. The molecule has 0 spiro atoms. The van der Waals surface area contributed by atoms with Gasteiger partial charge in [-0.2, -0.15) is 0 Å². The molecule has 0 fully saturated rings. The van der Waals surface area contributed by atoms with Crippen molar-refractivity contribution in [3.05, 3.63) is 29.0 Å². The molecule has 11 heavy (non-hydrogen) atoms. The van der Waals surface area contributed by atoms with Crippen LogP contribution < -0.4 is 0 Å². The summed E-state index contributed by atoms with van der Waals surface area (Å²) in [7, 11) is 0. The molecule has 2 nitrogen and oxygen atoms in total. The number of aromatic nitrogens is 1. The first-order valence-electron chi connectivity index (χ1n) is 3.10. The van der Waals surface area contributed by atoms with Crippen molar-refractivity contribution in [3.63, 3.8) is 0 Å². The summed E-state index contributed by atoms with van der Waals surface area (Å²) < 4.78 is 0. The number of halogens is 2. The van der Waals surface area contributed by atoms with Crippen molar-refractivity contribution in [3.8, 4) is 0 Å². The van der Waals surface area contributed by atoms with Crippen LogP contribution in [-0.2, 0) is 0 Å². The predicted octanol–water partition coefficient (Wildman–Crippen LogP) is 2.01. The molecule has 1 aromatic rings. The molecule has 0 aliphatic heterocycles. The molecule has 1 N–H and O–H groups in total. The van der Waals surface area contributed by atoms with Crippen molar-refractivity contribution in [2.24, 2.45) is 0 Å². The molecule has 0 aliphatic rings. The summed E-state index contributed by atoms with van der Waals surface area (Å²) in [6.45, 7) is 0. The van der Waals surface area contributed by atoms with Crippen molar-refractivity contribution < 1.29 is 5.11 Å². The number of hydrogen-bond acceptors (Lipinski definition) is 2. The quantitative estimate of drug-likeness (QED) is 0.574. The van der Waals surface area contributed by atoms with Crippen molar-refractivity contribution in [2.45, 2.75) is 6.10 Å². The second-order valence-electron chi connectivity index (χ2n) is 2.05. The summed E-state index contributed by atoms with van der Waals surface area (Å²) in [5, 5.41) is 9.56. The Balaban J connectivity index is 2.93. The molecule has 4 heteroatoms. The summed E-state index contributed by atoms with van der Waals surface area (Å²) in [5.74, 6) is 0.130. The number of hydrogen-bond donors (Lipinski definition) is 1. The van der Waals surface area contributed by atoms with E-state index >= 15 is 0 Å². The fraction of sp³-hybridized carbons (Fsp3) is 0.286. The van der Waals surface area contributed by atoms with Crippen molar-refractivity contribution in [2.75, 3.05) is 5.88 Å². The number of aliphatic hydroxyl groups excluding tert-OH is 1. The van der Waals surface area contributed by atoms with Crippen LogP contribution in [0.3, 0.4) is 0 Å². The van der Waals surface area contributed by atoms with E-state index in [0.717, 1.165) is 0 Å². The number of aliphatic hydroxyl groups is 1. The summed E-state index contributed by atoms with van der Waals surface area (Å²) in [6, 6.07) is 3.40. The molecule has 1 atom stereocenters. The first-order chi connectivity index (χ1) is 5.25. The number of pyridine rings is 1. The van der Waals surface area contributed by atoms with Gasteiger partial charge in [0, 0.05) is 11.8 Å². The van der Waals surface area contributed by atoms with Gasteiger partial charge in [-0.1, -0.05) is 17.7 Å². The van der Waals surface area contributed by atoms with Gasteiger partial charge in [-0.3, -0.25) is 0 Å². The molecular weight excluding hydrogens is 185 g/mol. The molecule has 1 unspecified atom stereocenters. The van der Waals surface area contributed by atoms with Gasteiger partial charge in [-0.05, 0) is 6.07 Å². The Morgan fingerprint density at radius 1 is 1.64 bits per heavy atom. The SMILES string of the molecule is OC(CCl)c1cccnc1Cl. The van der Waals surface area contributed by atoms with Crippen LogP contribution in [0, 0.1) is 0 Å². The lowest BCUT2D eigenvalue weighted by molar-refractivity contribution is 0.202. The molecule has 0 bridgehead atoms. The van der Waals surface area contributed by atoms with Crippen LogP contribution >= 0.6 is 23.2 Å². The second kappa shape index (κ2) is 3.90. The van der Waals surface area contributed by atoms with Gasteiger partial charge in [-0.25, -0.2) is 4.98 Å². The van der Waals surface area contributed by atoms with Crippen LogP contribution in [-0.4, -0.2) is 16.0 Å². The number of nitrogens with zero attached hydrogens (tertiary/aromatic N) is 1. The van der Waals surface area contributed by atoms with Gasteiger partial charge in [0.05, 0.1) is 12.0 Å². The molecule has 1 heterocycles. The first-order valence-corrected chi connectivity index (χ1v) is 4.01. The van der Waals surface area contributed by atoms with Gasteiger partial charge >= 0.3 is 0 Å². The Hall–Kier alpha value is -0.310. The van der Waals surface area contributed by atoms with Crippen molar-refractivity contribution in [1.29, 1.82) is 0 Å². The molecule has 1 rings (SSSR count). The van der Waals surface area contributed by atoms with Gasteiger partial charge < -0.3 is 5.11 Å². The average molecular weight is 192 g/mol. The van der Waals surface area contributed by atoms with Crippen molar-refractivity contribution in [1.82, 2.24) is 4.98 Å². The molecule has 0 saturated carbocycles. The largest absolute Gasteiger partial charge is 0.387 e. The minimum atomic E-state index is -0.724. The van der Waals surface area contributed by atoms with E-state index < -0.39 is 6.10 Å². The number of rotatable bonds is 2. The summed E-state index contributed by atoms with van der Waals surface area (Å²) in [6.07, 6.45) is 0.838. The highest BCUT2D eigenvalue weighted by atomic mass is 35.5. The third-order valence-electron chi connectivity index (χ3n) is 1.29. The van der Waals surface area contributed by atoms with Crippen LogP contribution in [0.4, 0.5) is 0 Å². The van der Waals surface area contributed by atoms with Crippen LogP contribution in [0.5, 0.6) is 0 Å². The van der Waals surface area contributed by atoms with E-state index in [1.807, 2.05) is 0 Å². The topological polar surface area (TPSA) is 33.1 Å². The molecule has 1 aromatic heterocycles. The van der Waals surface area contributed by atoms with Crippen LogP contribution in [0.15, 0.2) is 18.3 Å². The fourth-order valence-corrected chi connectivity index (χ4v) is 1.14. The normalized spacial score (nSPS) is 13.0. The lowest BCUT2D eigenvalue weighted by Gasteiger charge is -2.06. The van der Waals surface area contributed by atoms with Gasteiger partial charge in [0.25, 0.3) is 0 Å². The fourth-order valence-electron chi connectivity index (χ4n) is 0.730. The standard InChI is InChI=1S/C7H7Cl2NO/c8-4-6(11)5-2-1-3-10-7(5)9/h1-3,6,11H,4H2. The first kappa shape index (κ1) is 8.78. The number of alkyl halides is 1. The van der Waals surface area contributed by atoms with Crippen molar-refractivity contribution >= 4 is 23.2 Å². The maximum Gasteiger partial charge on any atom is 0.134 e. The minimum Gasteiger partial charge on any atom is -0.387 e. The second-order valence-corrected chi connectivity index (χ2v) is 2.72. The average Bonchev–Trinajstić information content (AvgIpc) is 2.04. The summed E-state index contributed by atoms with van der Waals surface area (Å²) >= 11 is 11.1. The van der Waals surface area contributed by atoms with Gasteiger partial charge in [-0.15, -0.1) is 11.6 Å². The van der Waals surface area contributed by atoms with E-state index in [2.05, 4.69) is 4.98 Å². The highest BCUT2D eigenvalue weighted by Gasteiger charge is 2.09. The zero-order valence-corrected chi connectivity index (χ0v) is 7.18. The van der Waals surface area contributed by atoms with E-state index in [4.69, 9.17) is 23.2 Å². The van der Waals surface area contributed by atoms with Gasteiger partial charge in [0.1, 0.15) is 5.15 Å². The maximum absolute atomic E-state index is 9.25. The zero-order valence-electron chi connectivity index (χ0n) is 5.67. The molecular formula is C7H7Cl2NO. The molecule has 0 aliphatic carbocycles. The summed E-state index contributed by atoms with van der Waals surface area (Å²) in [5.41, 5.74) is 0.573. The smallest absolute Gasteiger partial charge is 0.134 e. The molecule has 0 saturated heterocycles. The van der Waals surface area contributed by atoms with E-state index in [1.54, 1.807) is 18.3 Å². The Kier molecular flexibility index (Phi) is 3.12. The van der Waals surface area contributed by atoms with Crippen LogP contribution in [0.25, 0.3) is 0 Å².